The average Bonchev–Trinajstić information content (AvgIpc) is 2.63. The van der Waals surface area contributed by atoms with E-state index in [1.165, 1.54) is 0 Å². The molecule has 1 unspecified atom stereocenters. The number of benzene rings is 3. The normalized spacial score (nSPS) is 11.6. The van der Waals surface area contributed by atoms with Crippen LogP contribution in [-0.4, -0.2) is 6.16 Å². The van der Waals surface area contributed by atoms with Crippen molar-refractivity contribution in [2.75, 3.05) is 0 Å². The number of carbonyl (C=O) groups excluding carboxylic acids is 1. The van der Waals surface area contributed by atoms with Crippen LogP contribution in [0.15, 0.2) is 89.8 Å². The standard InChI is InChI=1S/C21H18O3S/c1-17-12-14-20(15-13-17)25(16-18-8-4-2-5-9-18)24-21(22)23-19-10-6-3-7-11-19/h2-15H,1,16H2/q+1. The fourth-order valence-electron chi connectivity index (χ4n) is 2.21. The van der Waals surface area contributed by atoms with Gasteiger partial charge in [-0.3, -0.25) is 0 Å². The van der Waals surface area contributed by atoms with Crippen LogP contribution in [0, 0.1) is 6.92 Å². The van der Waals surface area contributed by atoms with Crippen LogP contribution in [0.1, 0.15) is 11.1 Å². The molecule has 0 aliphatic rings. The molecule has 25 heavy (non-hydrogen) atoms. The van der Waals surface area contributed by atoms with Crippen molar-refractivity contribution in [2.24, 2.45) is 0 Å². The van der Waals surface area contributed by atoms with Crippen molar-refractivity contribution in [3.05, 3.63) is 103 Å². The van der Waals surface area contributed by atoms with Gasteiger partial charge in [0.05, 0.1) is 0 Å². The molecule has 3 nitrogen and oxygen atoms in total. The quantitative estimate of drug-likeness (QED) is 0.361. The molecule has 0 N–H and O–H groups in total. The van der Waals surface area contributed by atoms with Crippen molar-refractivity contribution in [3.8, 4) is 5.75 Å². The van der Waals surface area contributed by atoms with Gasteiger partial charge in [0.2, 0.25) is 16.1 Å². The van der Waals surface area contributed by atoms with Crippen molar-refractivity contribution in [2.45, 2.75) is 10.6 Å². The summed E-state index contributed by atoms with van der Waals surface area (Å²) in [6, 6.07) is 26.5. The molecular formula is C21H18O3S+. The number of carbonyl (C=O) groups is 1. The summed E-state index contributed by atoms with van der Waals surface area (Å²) in [5.41, 5.74) is 2.01. The Morgan fingerprint density at radius 3 is 2.08 bits per heavy atom. The van der Waals surface area contributed by atoms with Gasteiger partial charge in [0.1, 0.15) is 5.75 Å². The summed E-state index contributed by atoms with van der Waals surface area (Å²) >= 11 is -0.753. The Morgan fingerprint density at radius 1 is 0.840 bits per heavy atom. The molecule has 0 bridgehead atoms. The molecule has 4 heteroatoms. The first-order valence-corrected chi connectivity index (χ1v) is 9.14. The molecule has 0 aliphatic heterocycles. The lowest BCUT2D eigenvalue weighted by Gasteiger charge is -2.07. The lowest BCUT2D eigenvalue weighted by molar-refractivity contribution is 0.158. The van der Waals surface area contributed by atoms with Crippen LogP contribution in [0.25, 0.3) is 0 Å². The lowest BCUT2D eigenvalue weighted by Crippen LogP contribution is -2.19. The molecule has 0 spiro atoms. The molecule has 3 aromatic rings. The molecule has 0 aliphatic carbocycles. The lowest BCUT2D eigenvalue weighted by atomic mass is 10.2. The first-order valence-electron chi connectivity index (χ1n) is 7.83. The minimum absolute atomic E-state index is 0.462. The van der Waals surface area contributed by atoms with Gasteiger partial charge in [-0.05, 0) is 36.8 Å². The van der Waals surface area contributed by atoms with E-state index < -0.39 is 17.3 Å². The summed E-state index contributed by atoms with van der Waals surface area (Å²) in [5.74, 6) is 1.06. The Hall–Kier alpha value is -2.72. The van der Waals surface area contributed by atoms with Crippen molar-refractivity contribution in [3.63, 3.8) is 0 Å². The van der Waals surface area contributed by atoms with Gasteiger partial charge in [0.25, 0.3) is 0 Å². The van der Waals surface area contributed by atoms with E-state index in [4.69, 9.17) is 8.92 Å². The number of hydrogen-bond donors (Lipinski definition) is 0. The van der Waals surface area contributed by atoms with Crippen molar-refractivity contribution >= 4 is 17.3 Å². The van der Waals surface area contributed by atoms with Crippen LogP contribution in [-0.2, 0) is 21.1 Å². The monoisotopic (exact) mass is 350 g/mol. The second-order valence-electron chi connectivity index (χ2n) is 5.37. The molecular weight excluding hydrogens is 332 g/mol. The minimum atomic E-state index is -0.753. The maximum atomic E-state index is 12.2. The van der Waals surface area contributed by atoms with Gasteiger partial charge < -0.3 is 4.74 Å². The third-order valence-electron chi connectivity index (χ3n) is 3.44. The summed E-state index contributed by atoms with van der Waals surface area (Å²) in [5, 5.41) is 0. The molecule has 1 radical (unpaired) electrons. The molecule has 0 saturated carbocycles. The molecule has 0 amide bonds. The molecule has 0 fully saturated rings. The Bertz CT molecular complexity index is 802. The van der Waals surface area contributed by atoms with Crippen molar-refractivity contribution < 1.29 is 13.7 Å². The maximum Gasteiger partial charge on any atom is 0.562 e. The summed E-state index contributed by atoms with van der Waals surface area (Å²) in [6.07, 6.45) is -0.704. The van der Waals surface area contributed by atoms with Crippen LogP contribution in [0.3, 0.4) is 0 Å². The highest BCUT2D eigenvalue weighted by Crippen LogP contribution is 2.22. The number of ether oxygens (including phenoxy) is 1. The number of para-hydroxylation sites is 1. The smallest absolute Gasteiger partial charge is 0.392 e. The van der Waals surface area contributed by atoms with Gasteiger partial charge in [-0.25, -0.2) is 0 Å². The Balaban J connectivity index is 1.75. The van der Waals surface area contributed by atoms with Crippen LogP contribution >= 0.6 is 0 Å². The fourth-order valence-corrected chi connectivity index (χ4v) is 3.67. The highest BCUT2D eigenvalue weighted by atomic mass is 32.2. The SMILES string of the molecule is [CH2]c1ccc([S+](Cc2ccccc2)OC(=O)Oc2ccccc2)cc1. The average molecular weight is 350 g/mol. The molecule has 0 heterocycles. The number of hydrogen-bond acceptors (Lipinski definition) is 3. The topological polar surface area (TPSA) is 35.5 Å². The minimum Gasteiger partial charge on any atom is -0.392 e. The van der Waals surface area contributed by atoms with Crippen molar-refractivity contribution in [1.29, 1.82) is 0 Å². The first-order chi connectivity index (χ1) is 12.2. The van der Waals surface area contributed by atoms with E-state index in [1.54, 1.807) is 24.3 Å². The zero-order chi connectivity index (χ0) is 17.5. The molecule has 125 valence electrons. The van der Waals surface area contributed by atoms with E-state index >= 15 is 0 Å². The van der Waals surface area contributed by atoms with E-state index in [-0.39, 0.29) is 0 Å². The predicted molar refractivity (Wildman–Crippen MR) is 100 cm³/mol. The Labute approximate surface area is 150 Å². The van der Waals surface area contributed by atoms with Gasteiger partial charge in [-0.15, -0.1) is 0 Å². The molecule has 0 saturated heterocycles. The third kappa shape index (κ3) is 5.13. The molecule has 1 atom stereocenters. The second-order valence-corrected chi connectivity index (χ2v) is 6.99. The molecule has 3 rings (SSSR count). The highest BCUT2D eigenvalue weighted by Gasteiger charge is 2.30. The zero-order valence-electron chi connectivity index (χ0n) is 13.6. The second kappa shape index (κ2) is 8.40. The van der Waals surface area contributed by atoms with E-state index in [0.29, 0.717) is 11.5 Å². The molecule has 0 aromatic heterocycles. The number of rotatable bonds is 5. The largest absolute Gasteiger partial charge is 0.562 e. The van der Waals surface area contributed by atoms with E-state index in [9.17, 15) is 4.79 Å². The third-order valence-corrected chi connectivity index (χ3v) is 5.17. The molecule has 3 aromatic carbocycles. The van der Waals surface area contributed by atoms with Gasteiger partial charge >= 0.3 is 6.16 Å². The van der Waals surface area contributed by atoms with Gasteiger partial charge in [-0.2, -0.15) is 8.98 Å². The van der Waals surface area contributed by atoms with Crippen molar-refractivity contribution in [1.82, 2.24) is 0 Å². The zero-order valence-corrected chi connectivity index (χ0v) is 14.4. The maximum absolute atomic E-state index is 12.2. The summed E-state index contributed by atoms with van der Waals surface area (Å²) in [7, 11) is 0. The predicted octanol–water partition coefficient (Wildman–Crippen LogP) is 5.18. The van der Waals surface area contributed by atoms with Crippen LogP contribution in [0.5, 0.6) is 5.75 Å². The van der Waals surface area contributed by atoms with Crippen LogP contribution in [0.4, 0.5) is 4.79 Å². The Morgan fingerprint density at radius 2 is 1.44 bits per heavy atom. The summed E-state index contributed by atoms with van der Waals surface area (Å²) in [4.78, 5) is 13.1. The Kier molecular flexibility index (Phi) is 5.75. The first kappa shape index (κ1) is 17.1. The van der Waals surface area contributed by atoms with Gasteiger partial charge in [0.15, 0.2) is 5.75 Å². The van der Waals surface area contributed by atoms with E-state index in [2.05, 4.69) is 6.92 Å². The summed E-state index contributed by atoms with van der Waals surface area (Å²) < 4.78 is 10.9. The van der Waals surface area contributed by atoms with E-state index in [0.717, 1.165) is 16.0 Å². The fraction of sp³-hybridized carbons (Fsp3) is 0.0476. The summed E-state index contributed by atoms with van der Waals surface area (Å²) in [6.45, 7) is 3.89. The van der Waals surface area contributed by atoms with Crippen LogP contribution < -0.4 is 4.74 Å². The van der Waals surface area contributed by atoms with Crippen LogP contribution in [0.2, 0.25) is 0 Å². The van der Waals surface area contributed by atoms with E-state index in [1.807, 2.05) is 60.7 Å². The van der Waals surface area contributed by atoms with Gasteiger partial charge in [0, 0.05) is 5.56 Å². The van der Waals surface area contributed by atoms with Gasteiger partial charge in [-0.1, -0.05) is 60.7 Å². The highest BCUT2D eigenvalue weighted by molar-refractivity contribution is 7.92.